The molecule has 0 spiro atoms. The van der Waals surface area contributed by atoms with Crippen molar-refractivity contribution in [2.75, 3.05) is 39.3 Å². The summed E-state index contributed by atoms with van der Waals surface area (Å²) in [6.07, 6.45) is 6.32. The van der Waals surface area contributed by atoms with Crippen molar-refractivity contribution in [1.82, 2.24) is 15.1 Å². The number of carbonyl (C=O) groups excluding carboxylic acids is 2. The van der Waals surface area contributed by atoms with Gasteiger partial charge in [-0.25, -0.2) is 0 Å². The summed E-state index contributed by atoms with van der Waals surface area (Å²) in [7, 11) is 0. The predicted octanol–water partition coefficient (Wildman–Crippen LogP) is 0.382. The highest BCUT2D eigenvalue weighted by Gasteiger charge is 2.26. The standard InChI is InChI=1S/C14H26N4O2.2ClH/c15-10-13(19)16-11-14(20)18-7-3-6-17(8-9-18)12-4-1-2-5-12;;/h12H,1-11,15H2,(H,16,19);2*1H. The maximum atomic E-state index is 12.1. The molecular formula is C14H28Cl2N4O2. The summed E-state index contributed by atoms with van der Waals surface area (Å²) in [5.41, 5.74) is 5.21. The van der Waals surface area contributed by atoms with Crippen LogP contribution in [0.25, 0.3) is 0 Å². The Bertz CT molecular complexity index is 352. The summed E-state index contributed by atoms with van der Waals surface area (Å²) < 4.78 is 0. The van der Waals surface area contributed by atoms with Crippen molar-refractivity contribution in [3.05, 3.63) is 0 Å². The van der Waals surface area contributed by atoms with Crippen LogP contribution in [-0.2, 0) is 9.59 Å². The quantitative estimate of drug-likeness (QED) is 0.764. The summed E-state index contributed by atoms with van der Waals surface area (Å²) in [6, 6.07) is 0.724. The first-order chi connectivity index (χ1) is 9.70. The van der Waals surface area contributed by atoms with E-state index in [-0.39, 0.29) is 49.7 Å². The van der Waals surface area contributed by atoms with Crippen LogP contribution in [0.2, 0.25) is 0 Å². The lowest BCUT2D eigenvalue weighted by Gasteiger charge is -2.27. The molecule has 1 aliphatic carbocycles. The number of nitrogens with zero attached hydrogens (tertiary/aromatic N) is 2. The second-order valence-electron chi connectivity index (χ2n) is 5.69. The van der Waals surface area contributed by atoms with Crippen LogP contribution in [0, 0.1) is 0 Å². The van der Waals surface area contributed by atoms with E-state index in [2.05, 4.69) is 10.2 Å². The Balaban J connectivity index is 0.00000220. The lowest BCUT2D eigenvalue weighted by molar-refractivity contribution is -0.132. The Hall–Kier alpha value is -0.560. The van der Waals surface area contributed by atoms with E-state index in [4.69, 9.17) is 5.73 Å². The van der Waals surface area contributed by atoms with Crippen LogP contribution in [0.5, 0.6) is 0 Å². The van der Waals surface area contributed by atoms with E-state index in [1.807, 2.05) is 4.90 Å². The van der Waals surface area contributed by atoms with E-state index in [1.54, 1.807) is 0 Å². The molecule has 130 valence electrons. The molecule has 0 unspecified atom stereocenters. The maximum Gasteiger partial charge on any atom is 0.242 e. The molecule has 2 aliphatic rings. The second-order valence-corrected chi connectivity index (χ2v) is 5.69. The number of carbonyl (C=O) groups is 2. The topological polar surface area (TPSA) is 78.7 Å². The molecule has 2 amide bonds. The molecule has 1 saturated carbocycles. The Morgan fingerprint density at radius 1 is 1.00 bits per heavy atom. The van der Waals surface area contributed by atoms with Crippen molar-refractivity contribution < 1.29 is 9.59 Å². The molecule has 0 aromatic heterocycles. The molecule has 2 fully saturated rings. The van der Waals surface area contributed by atoms with Crippen molar-refractivity contribution in [3.8, 4) is 0 Å². The highest BCUT2D eigenvalue weighted by atomic mass is 35.5. The lowest BCUT2D eigenvalue weighted by Crippen LogP contribution is -2.43. The number of nitrogens with two attached hydrogens (primary N) is 1. The van der Waals surface area contributed by atoms with Crippen molar-refractivity contribution >= 4 is 36.6 Å². The van der Waals surface area contributed by atoms with Gasteiger partial charge in [-0.2, -0.15) is 0 Å². The first kappa shape index (κ1) is 21.4. The Labute approximate surface area is 145 Å². The number of rotatable bonds is 4. The van der Waals surface area contributed by atoms with E-state index in [9.17, 15) is 9.59 Å². The second kappa shape index (κ2) is 11.0. The summed E-state index contributed by atoms with van der Waals surface area (Å²) >= 11 is 0. The average Bonchev–Trinajstić information content (AvgIpc) is 2.89. The zero-order valence-corrected chi connectivity index (χ0v) is 14.6. The normalized spacial score (nSPS) is 19.8. The molecule has 1 aliphatic heterocycles. The van der Waals surface area contributed by atoms with Crippen molar-refractivity contribution in [2.24, 2.45) is 5.73 Å². The summed E-state index contributed by atoms with van der Waals surface area (Å²) in [5.74, 6) is -0.277. The van der Waals surface area contributed by atoms with Gasteiger partial charge in [0.1, 0.15) is 0 Å². The van der Waals surface area contributed by atoms with E-state index in [1.165, 1.54) is 25.7 Å². The van der Waals surface area contributed by atoms with Gasteiger partial charge in [-0.05, 0) is 19.3 Å². The third-order valence-electron chi connectivity index (χ3n) is 4.35. The summed E-state index contributed by atoms with van der Waals surface area (Å²) in [4.78, 5) is 27.5. The fourth-order valence-electron chi connectivity index (χ4n) is 3.18. The third kappa shape index (κ3) is 6.28. The van der Waals surface area contributed by atoms with Gasteiger partial charge in [-0.3, -0.25) is 14.5 Å². The fourth-order valence-corrected chi connectivity index (χ4v) is 3.18. The number of amides is 2. The molecule has 0 aromatic carbocycles. The van der Waals surface area contributed by atoms with Crippen LogP contribution in [0.15, 0.2) is 0 Å². The minimum absolute atomic E-state index is 0. The molecule has 1 heterocycles. The third-order valence-corrected chi connectivity index (χ3v) is 4.35. The zero-order valence-electron chi connectivity index (χ0n) is 13.0. The molecule has 6 nitrogen and oxygen atoms in total. The number of hydrogen-bond acceptors (Lipinski definition) is 4. The monoisotopic (exact) mass is 354 g/mol. The first-order valence-electron chi connectivity index (χ1n) is 7.69. The molecule has 1 saturated heterocycles. The largest absolute Gasteiger partial charge is 0.346 e. The number of nitrogens with one attached hydrogen (secondary N) is 1. The molecule has 3 N–H and O–H groups in total. The maximum absolute atomic E-state index is 12.1. The van der Waals surface area contributed by atoms with Gasteiger partial charge in [0.2, 0.25) is 11.8 Å². The van der Waals surface area contributed by atoms with Gasteiger partial charge in [-0.15, -0.1) is 24.8 Å². The highest BCUT2D eigenvalue weighted by Crippen LogP contribution is 2.24. The molecule has 2 rings (SSSR count). The van der Waals surface area contributed by atoms with Gasteiger partial charge in [0.25, 0.3) is 0 Å². The van der Waals surface area contributed by atoms with E-state index < -0.39 is 0 Å². The molecule has 0 aromatic rings. The molecular weight excluding hydrogens is 327 g/mol. The van der Waals surface area contributed by atoms with Crippen molar-refractivity contribution in [1.29, 1.82) is 0 Å². The lowest BCUT2D eigenvalue weighted by atomic mass is 10.2. The van der Waals surface area contributed by atoms with E-state index >= 15 is 0 Å². The molecule has 0 radical (unpaired) electrons. The van der Waals surface area contributed by atoms with Gasteiger partial charge in [0.05, 0.1) is 13.1 Å². The molecule has 8 heteroatoms. The van der Waals surface area contributed by atoms with Crippen molar-refractivity contribution in [2.45, 2.75) is 38.1 Å². The van der Waals surface area contributed by atoms with Gasteiger partial charge in [0, 0.05) is 32.2 Å². The Kier molecular flexibility index (Phi) is 10.8. The van der Waals surface area contributed by atoms with Crippen LogP contribution >= 0.6 is 24.8 Å². The van der Waals surface area contributed by atoms with Gasteiger partial charge >= 0.3 is 0 Å². The van der Waals surface area contributed by atoms with Crippen LogP contribution in [0.3, 0.4) is 0 Å². The number of halogens is 2. The Morgan fingerprint density at radius 3 is 2.32 bits per heavy atom. The minimum atomic E-state index is -0.277. The predicted molar refractivity (Wildman–Crippen MR) is 91.6 cm³/mol. The van der Waals surface area contributed by atoms with Crippen LogP contribution in [0.1, 0.15) is 32.1 Å². The van der Waals surface area contributed by atoms with Gasteiger partial charge in [-0.1, -0.05) is 12.8 Å². The SMILES string of the molecule is Cl.Cl.NCC(=O)NCC(=O)N1CCCN(C2CCCC2)CC1. The summed E-state index contributed by atoms with van der Waals surface area (Å²) in [5, 5.41) is 2.55. The average molecular weight is 355 g/mol. The van der Waals surface area contributed by atoms with Gasteiger partial charge in [0.15, 0.2) is 0 Å². The first-order valence-corrected chi connectivity index (χ1v) is 7.69. The van der Waals surface area contributed by atoms with Gasteiger partial charge < -0.3 is 16.0 Å². The molecule has 0 bridgehead atoms. The molecule has 22 heavy (non-hydrogen) atoms. The zero-order chi connectivity index (χ0) is 14.4. The number of hydrogen-bond donors (Lipinski definition) is 2. The molecule has 0 atom stereocenters. The summed E-state index contributed by atoms with van der Waals surface area (Å²) in [6.45, 7) is 3.61. The minimum Gasteiger partial charge on any atom is -0.346 e. The van der Waals surface area contributed by atoms with E-state index in [0.717, 1.165) is 38.6 Å². The van der Waals surface area contributed by atoms with Crippen LogP contribution in [0.4, 0.5) is 0 Å². The van der Waals surface area contributed by atoms with Crippen LogP contribution < -0.4 is 11.1 Å². The highest BCUT2D eigenvalue weighted by molar-refractivity contribution is 5.86. The fraction of sp³-hybridized carbons (Fsp3) is 0.857. The Morgan fingerprint density at radius 2 is 1.68 bits per heavy atom. The smallest absolute Gasteiger partial charge is 0.242 e. The van der Waals surface area contributed by atoms with Crippen LogP contribution in [-0.4, -0.2) is 66.9 Å². The van der Waals surface area contributed by atoms with E-state index in [0.29, 0.717) is 0 Å². The van der Waals surface area contributed by atoms with Crippen molar-refractivity contribution in [3.63, 3.8) is 0 Å².